The van der Waals surface area contributed by atoms with E-state index in [4.69, 9.17) is 10.5 Å². The first-order chi connectivity index (χ1) is 11.0. The fraction of sp³-hybridized carbons (Fsp3) is 0.529. The van der Waals surface area contributed by atoms with Gasteiger partial charge in [-0.05, 0) is 37.5 Å². The Morgan fingerprint density at radius 1 is 1.39 bits per heavy atom. The molecule has 0 fully saturated rings. The quantitative estimate of drug-likeness (QED) is 0.408. The van der Waals surface area contributed by atoms with Crippen molar-refractivity contribution < 1.29 is 9.53 Å². The number of amides is 1. The second-order valence-corrected chi connectivity index (χ2v) is 5.39. The minimum Gasteiger partial charge on any atom is -0.382 e. The van der Waals surface area contributed by atoms with Crippen LogP contribution < -0.4 is 11.1 Å². The number of nitrogens with zero attached hydrogens (tertiary/aromatic N) is 2. The van der Waals surface area contributed by atoms with Gasteiger partial charge in [-0.2, -0.15) is 0 Å². The van der Waals surface area contributed by atoms with E-state index >= 15 is 0 Å². The molecule has 23 heavy (non-hydrogen) atoms. The van der Waals surface area contributed by atoms with E-state index < -0.39 is 0 Å². The smallest absolute Gasteiger partial charge is 0.253 e. The van der Waals surface area contributed by atoms with Gasteiger partial charge in [0.05, 0.1) is 0 Å². The summed E-state index contributed by atoms with van der Waals surface area (Å²) in [7, 11) is 3.50. The summed E-state index contributed by atoms with van der Waals surface area (Å²) in [5.74, 6) is 0.456. The SMILES string of the molecule is CCOCCCN=C(N)NCCc1cccc(C(=O)N(C)C)c1. The summed E-state index contributed by atoms with van der Waals surface area (Å²) in [6.07, 6.45) is 1.65. The Kier molecular flexibility index (Phi) is 8.75. The number of carbonyl (C=O) groups is 1. The normalized spacial score (nSPS) is 11.3. The number of benzene rings is 1. The van der Waals surface area contributed by atoms with Gasteiger partial charge in [0.15, 0.2) is 5.96 Å². The molecule has 0 atom stereocenters. The number of carbonyl (C=O) groups excluding carboxylic acids is 1. The largest absolute Gasteiger partial charge is 0.382 e. The number of rotatable bonds is 9. The molecule has 1 aromatic rings. The van der Waals surface area contributed by atoms with Crippen LogP contribution in [0, 0.1) is 0 Å². The Labute approximate surface area is 138 Å². The molecule has 0 saturated heterocycles. The minimum absolute atomic E-state index is 0.00943. The molecule has 0 bridgehead atoms. The van der Waals surface area contributed by atoms with Crippen LogP contribution in [0.25, 0.3) is 0 Å². The predicted molar refractivity (Wildman–Crippen MR) is 93.8 cm³/mol. The van der Waals surface area contributed by atoms with Crippen molar-refractivity contribution in [1.82, 2.24) is 10.2 Å². The van der Waals surface area contributed by atoms with E-state index in [-0.39, 0.29) is 5.91 Å². The first kappa shape index (κ1) is 19.0. The minimum atomic E-state index is 0.00943. The van der Waals surface area contributed by atoms with Crippen molar-refractivity contribution in [2.24, 2.45) is 10.7 Å². The summed E-state index contributed by atoms with van der Waals surface area (Å²) in [6.45, 7) is 4.75. The van der Waals surface area contributed by atoms with Gasteiger partial charge in [0, 0.05) is 46.0 Å². The van der Waals surface area contributed by atoms with Gasteiger partial charge >= 0.3 is 0 Å². The van der Waals surface area contributed by atoms with E-state index in [0.29, 0.717) is 31.2 Å². The second-order valence-electron chi connectivity index (χ2n) is 5.39. The molecule has 0 saturated carbocycles. The molecule has 1 aromatic carbocycles. The third-order valence-corrected chi connectivity index (χ3v) is 3.23. The molecule has 6 nitrogen and oxygen atoms in total. The van der Waals surface area contributed by atoms with Gasteiger partial charge in [-0.1, -0.05) is 12.1 Å². The maximum Gasteiger partial charge on any atom is 0.253 e. The zero-order valence-electron chi connectivity index (χ0n) is 14.3. The van der Waals surface area contributed by atoms with Gasteiger partial charge < -0.3 is 20.7 Å². The van der Waals surface area contributed by atoms with Gasteiger partial charge in [-0.3, -0.25) is 9.79 Å². The first-order valence-corrected chi connectivity index (χ1v) is 7.96. The highest BCUT2D eigenvalue weighted by Gasteiger charge is 2.07. The molecule has 1 rings (SSSR count). The van der Waals surface area contributed by atoms with Crippen molar-refractivity contribution in [1.29, 1.82) is 0 Å². The maximum atomic E-state index is 11.9. The molecule has 0 radical (unpaired) electrons. The number of hydrogen-bond acceptors (Lipinski definition) is 3. The summed E-state index contributed by atoms with van der Waals surface area (Å²) in [5.41, 5.74) is 7.60. The zero-order chi connectivity index (χ0) is 17.1. The van der Waals surface area contributed by atoms with Crippen LogP contribution in [0.1, 0.15) is 29.3 Å². The van der Waals surface area contributed by atoms with Crippen LogP contribution in [0.15, 0.2) is 29.3 Å². The predicted octanol–water partition coefficient (Wildman–Crippen LogP) is 1.26. The van der Waals surface area contributed by atoms with Gasteiger partial charge in [0.25, 0.3) is 5.91 Å². The van der Waals surface area contributed by atoms with Crippen molar-refractivity contribution >= 4 is 11.9 Å². The molecule has 128 valence electrons. The van der Waals surface area contributed by atoms with Gasteiger partial charge in [-0.25, -0.2) is 0 Å². The number of nitrogens with one attached hydrogen (secondary N) is 1. The molecule has 6 heteroatoms. The van der Waals surface area contributed by atoms with Crippen LogP contribution in [-0.2, 0) is 11.2 Å². The Morgan fingerprint density at radius 2 is 2.17 bits per heavy atom. The van der Waals surface area contributed by atoms with Crippen LogP contribution in [-0.4, -0.2) is 57.2 Å². The van der Waals surface area contributed by atoms with Crippen LogP contribution in [0.5, 0.6) is 0 Å². The second kappa shape index (κ2) is 10.6. The first-order valence-electron chi connectivity index (χ1n) is 7.96. The topological polar surface area (TPSA) is 80.0 Å². The molecule has 0 aliphatic carbocycles. The Bertz CT molecular complexity index is 515. The van der Waals surface area contributed by atoms with E-state index in [9.17, 15) is 4.79 Å². The molecule has 0 spiro atoms. The average molecular weight is 320 g/mol. The molecule has 0 heterocycles. The average Bonchev–Trinajstić information content (AvgIpc) is 2.54. The van der Waals surface area contributed by atoms with Crippen LogP contribution >= 0.6 is 0 Å². The van der Waals surface area contributed by atoms with Gasteiger partial charge in [0.2, 0.25) is 0 Å². The molecule has 0 aromatic heterocycles. The number of nitrogens with two attached hydrogens (primary N) is 1. The highest BCUT2D eigenvalue weighted by Crippen LogP contribution is 2.07. The highest BCUT2D eigenvalue weighted by atomic mass is 16.5. The van der Waals surface area contributed by atoms with Crippen molar-refractivity contribution in [2.45, 2.75) is 19.8 Å². The number of aliphatic imine (C=N–C) groups is 1. The van der Waals surface area contributed by atoms with Crippen molar-refractivity contribution in [3.05, 3.63) is 35.4 Å². The summed E-state index contributed by atoms with van der Waals surface area (Å²) < 4.78 is 5.24. The fourth-order valence-electron chi connectivity index (χ4n) is 2.02. The summed E-state index contributed by atoms with van der Waals surface area (Å²) in [4.78, 5) is 17.7. The standard InChI is InChI=1S/C17H28N4O2/c1-4-23-12-6-10-19-17(18)20-11-9-14-7-5-8-15(13-14)16(22)21(2)3/h5,7-8,13H,4,6,9-12H2,1-3H3,(H3,18,19,20). The highest BCUT2D eigenvalue weighted by molar-refractivity contribution is 5.94. The Balaban J connectivity index is 2.36. The number of guanidine groups is 1. The molecule has 3 N–H and O–H groups in total. The Hall–Kier alpha value is -2.08. The molecule has 1 amide bonds. The zero-order valence-corrected chi connectivity index (χ0v) is 14.3. The van der Waals surface area contributed by atoms with Crippen molar-refractivity contribution in [3.8, 4) is 0 Å². The van der Waals surface area contributed by atoms with Crippen molar-refractivity contribution in [3.63, 3.8) is 0 Å². The van der Waals surface area contributed by atoms with Crippen LogP contribution in [0.3, 0.4) is 0 Å². The molecule has 0 aliphatic rings. The number of hydrogen-bond donors (Lipinski definition) is 2. The van der Waals surface area contributed by atoms with Crippen LogP contribution in [0.2, 0.25) is 0 Å². The molecule has 0 aliphatic heterocycles. The molecular weight excluding hydrogens is 292 g/mol. The third kappa shape index (κ3) is 7.65. The van der Waals surface area contributed by atoms with Gasteiger partial charge in [0.1, 0.15) is 0 Å². The molecule has 0 unspecified atom stereocenters. The number of ether oxygens (including phenoxy) is 1. The molecular formula is C17H28N4O2. The van der Waals surface area contributed by atoms with Crippen LogP contribution in [0.4, 0.5) is 0 Å². The fourth-order valence-corrected chi connectivity index (χ4v) is 2.02. The lowest BCUT2D eigenvalue weighted by Gasteiger charge is -2.11. The van der Waals surface area contributed by atoms with Crippen molar-refractivity contribution in [2.75, 3.05) is 40.4 Å². The lowest BCUT2D eigenvalue weighted by Crippen LogP contribution is -2.33. The van der Waals surface area contributed by atoms with E-state index in [1.807, 2.05) is 31.2 Å². The third-order valence-electron chi connectivity index (χ3n) is 3.23. The maximum absolute atomic E-state index is 11.9. The van der Waals surface area contributed by atoms with E-state index in [0.717, 1.165) is 25.0 Å². The van der Waals surface area contributed by atoms with E-state index in [1.54, 1.807) is 19.0 Å². The van der Waals surface area contributed by atoms with E-state index in [1.165, 1.54) is 0 Å². The lowest BCUT2D eigenvalue weighted by atomic mass is 10.1. The lowest BCUT2D eigenvalue weighted by molar-refractivity contribution is 0.0827. The van der Waals surface area contributed by atoms with Gasteiger partial charge in [-0.15, -0.1) is 0 Å². The summed E-state index contributed by atoms with van der Waals surface area (Å²) in [6, 6.07) is 7.65. The monoisotopic (exact) mass is 320 g/mol. The summed E-state index contributed by atoms with van der Waals surface area (Å²) in [5, 5.41) is 3.09. The Morgan fingerprint density at radius 3 is 2.87 bits per heavy atom. The van der Waals surface area contributed by atoms with E-state index in [2.05, 4.69) is 10.3 Å². The summed E-state index contributed by atoms with van der Waals surface area (Å²) >= 11 is 0.